The second-order valence-corrected chi connectivity index (χ2v) is 4.30. The maximum Gasteiger partial charge on any atom is 0.310 e. The van der Waals surface area contributed by atoms with E-state index >= 15 is 0 Å². The summed E-state index contributed by atoms with van der Waals surface area (Å²) in [5, 5.41) is 3.28. The molecule has 0 amide bonds. The molecule has 16 heavy (non-hydrogen) atoms. The number of esters is 1. The van der Waals surface area contributed by atoms with Crippen molar-refractivity contribution >= 4 is 5.97 Å². The number of carbonyl (C=O) groups excluding carboxylic acids is 1. The van der Waals surface area contributed by atoms with Gasteiger partial charge in [0.1, 0.15) is 0 Å². The Morgan fingerprint density at radius 2 is 2.12 bits per heavy atom. The van der Waals surface area contributed by atoms with Crippen LogP contribution in [0.25, 0.3) is 0 Å². The molecule has 0 aromatic heterocycles. The number of hydrogen-bond acceptors (Lipinski definition) is 4. The van der Waals surface area contributed by atoms with E-state index in [9.17, 15) is 4.79 Å². The largest absolute Gasteiger partial charge is 0.469 e. The number of ether oxygens (including phenoxy) is 2. The van der Waals surface area contributed by atoms with Gasteiger partial charge >= 0.3 is 5.97 Å². The van der Waals surface area contributed by atoms with Crippen molar-refractivity contribution in [1.82, 2.24) is 5.32 Å². The third kappa shape index (κ3) is 3.19. The molecule has 0 bridgehead atoms. The fourth-order valence-electron chi connectivity index (χ4n) is 2.56. The normalized spacial score (nSPS) is 21.4. The summed E-state index contributed by atoms with van der Waals surface area (Å²) in [7, 11) is 3.38. The van der Waals surface area contributed by atoms with Crippen molar-refractivity contribution in [2.45, 2.75) is 32.2 Å². The Morgan fingerprint density at radius 1 is 1.50 bits per heavy atom. The van der Waals surface area contributed by atoms with E-state index in [1.165, 1.54) is 7.11 Å². The van der Waals surface area contributed by atoms with Crippen LogP contribution >= 0.6 is 0 Å². The smallest absolute Gasteiger partial charge is 0.310 e. The highest BCUT2D eigenvalue weighted by atomic mass is 16.5. The molecule has 0 saturated carbocycles. The Labute approximate surface area is 97.7 Å². The van der Waals surface area contributed by atoms with E-state index in [1.807, 2.05) is 14.0 Å². The molecule has 1 aliphatic heterocycles. The molecule has 4 nitrogen and oxygen atoms in total. The highest BCUT2D eigenvalue weighted by molar-refractivity contribution is 5.73. The van der Waals surface area contributed by atoms with Gasteiger partial charge in [0.15, 0.2) is 0 Å². The molecule has 0 radical (unpaired) electrons. The van der Waals surface area contributed by atoms with E-state index in [-0.39, 0.29) is 17.9 Å². The number of hydrogen-bond donors (Lipinski definition) is 1. The first-order chi connectivity index (χ1) is 7.74. The fraction of sp³-hybridized carbons (Fsp3) is 0.917. The zero-order chi connectivity index (χ0) is 12.0. The van der Waals surface area contributed by atoms with Crippen molar-refractivity contribution in [2.24, 2.45) is 11.8 Å². The second kappa shape index (κ2) is 6.86. The van der Waals surface area contributed by atoms with Gasteiger partial charge in [-0.05, 0) is 32.2 Å². The molecule has 1 heterocycles. The van der Waals surface area contributed by atoms with E-state index in [2.05, 4.69) is 5.32 Å². The zero-order valence-corrected chi connectivity index (χ0v) is 10.5. The van der Waals surface area contributed by atoms with Gasteiger partial charge in [-0.3, -0.25) is 4.79 Å². The van der Waals surface area contributed by atoms with Gasteiger partial charge in [0.2, 0.25) is 0 Å². The monoisotopic (exact) mass is 229 g/mol. The molecule has 1 saturated heterocycles. The molecule has 1 aliphatic rings. The molecule has 2 unspecified atom stereocenters. The van der Waals surface area contributed by atoms with Gasteiger partial charge in [0, 0.05) is 19.3 Å². The molecular weight excluding hydrogens is 206 g/mol. The van der Waals surface area contributed by atoms with Gasteiger partial charge in [0.25, 0.3) is 0 Å². The Hall–Kier alpha value is -0.610. The summed E-state index contributed by atoms with van der Waals surface area (Å²) in [6, 6.07) is 0.210. The predicted molar refractivity (Wildman–Crippen MR) is 62.2 cm³/mol. The maximum absolute atomic E-state index is 11.7. The van der Waals surface area contributed by atoms with Crippen molar-refractivity contribution in [1.29, 1.82) is 0 Å². The first-order valence-corrected chi connectivity index (χ1v) is 6.07. The summed E-state index contributed by atoms with van der Waals surface area (Å²) in [5.41, 5.74) is 0. The zero-order valence-electron chi connectivity index (χ0n) is 10.5. The van der Waals surface area contributed by atoms with Gasteiger partial charge in [-0.25, -0.2) is 0 Å². The molecule has 1 rings (SSSR count). The first-order valence-electron chi connectivity index (χ1n) is 6.07. The lowest BCUT2D eigenvalue weighted by Gasteiger charge is -2.34. The van der Waals surface area contributed by atoms with Crippen molar-refractivity contribution < 1.29 is 14.3 Å². The number of methoxy groups -OCH3 is 1. The van der Waals surface area contributed by atoms with E-state index in [1.54, 1.807) is 0 Å². The molecule has 0 aromatic rings. The van der Waals surface area contributed by atoms with Crippen LogP contribution in [0.4, 0.5) is 0 Å². The number of nitrogens with one attached hydrogen (secondary N) is 1. The Kier molecular flexibility index (Phi) is 5.77. The minimum Gasteiger partial charge on any atom is -0.469 e. The van der Waals surface area contributed by atoms with Gasteiger partial charge in [-0.2, -0.15) is 0 Å². The Balaban J connectivity index is 2.65. The molecule has 0 aliphatic carbocycles. The highest BCUT2D eigenvalue weighted by Crippen LogP contribution is 2.26. The van der Waals surface area contributed by atoms with E-state index in [4.69, 9.17) is 9.47 Å². The van der Waals surface area contributed by atoms with Crippen LogP contribution in [0.1, 0.15) is 26.2 Å². The van der Waals surface area contributed by atoms with Crippen molar-refractivity contribution in [2.75, 3.05) is 27.4 Å². The highest BCUT2D eigenvalue weighted by Gasteiger charge is 2.33. The standard InChI is InChI=1S/C12H23NO3/c1-4-10(12(14)15-3)11(13-2)9-5-7-16-8-6-9/h9-11,13H,4-8H2,1-3H3. The van der Waals surface area contributed by atoms with Crippen LogP contribution in [0.3, 0.4) is 0 Å². The molecule has 2 atom stereocenters. The summed E-state index contributed by atoms with van der Waals surface area (Å²) >= 11 is 0. The second-order valence-electron chi connectivity index (χ2n) is 4.30. The summed E-state index contributed by atoms with van der Waals surface area (Å²) in [5.74, 6) is 0.370. The summed E-state index contributed by atoms with van der Waals surface area (Å²) < 4.78 is 10.2. The van der Waals surface area contributed by atoms with Gasteiger partial charge < -0.3 is 14.8 Å². The molecule has 0 aromatic carbocycles. The fourth-order valence-corrected chi connectivity index (χ4v) is 2.56. The number of carbonyl (C=O) groups is 1. The van der Waals surface area contributed by atoms with Crippen LogP contribution in [0.2, 0.25) is 0 Å². The van der Waals surface area contributed by atoms with Crippen molar-refractivity contribution in [3.05, 3.63) is 0 Å². The van der Waals surface area contributed by atoms with Gasteiger partial charge in [0.05, 0.1) is 13.0 Å². The van der Waals surface area contributed by atoms with Gasteiger partial charge in [-0.15, -0.1) is 0 Å². The van der Waals surface area contributed by atoms with Crippen LogP contribution in [0.15, 0.2) is 0 Å². The molecule has 0 spiro atoms. The minimum atomic E-state index is -0.103. The Bertz CT molecular complexity index is 214. The van der Waals surface area contributed by atoms with E-state index in [0.717, 1.165) is 32.5 Å². The lowest BCUT2D eigenvalue weighted by Crippen LogP contribution is -2.45. The summed E-state index contributed by atoms with van der Waals surface area (Å²) in [4.78, 5) is 11.7. The first kappa shape index (κ1) is 13.5. The Morgan fingerprint density at radius 3 is 2.56 bits per heavy atom. The van der Waals surface area contributed by atoms with Crippen LogP contribution in [-0.2, 0) is 14.3 Å². The maximum atomic E-state index is 11.7. The van der Waals surface area contributed by atoms with Crippen LogP contribution in [0.5, 0.6) is 0 Å². The van der Waals surface area contributed by atoms with Gasteiger partial charge in [-0.1, -0.05) is 6.92 Å². The summed E-state index contributed by atoms with van der Waals surface area (Å²) in [6.45, 7) is 3.65. The molecular formula is C12H23NO3. The average molecular weight is 229 g/mol. The third-order valence-corrected chi connectivity index (χ3v) is 3.48. The van der Waals surface area contributed by atoms with Crippen LogP contribution < -0.4 is 5.32 Å². The molecule has 1 fully saturated rings. The third-order valence-electron chi connectivity index (χ3n) is 3.48. The quantitative estimate of drug-likeness (QED) is 0.720. The predicted octanol–water partition coefficient (Wildman–Crippen LogP) is 1.20. The van der Waals surface area contributed by atoms with Crippen LogP contribution in [-0.4, -0.2) is 39.4 Å². The van der Waals surface area contributed by atoms with Crippen molar-refractivity contribution in [3.63, 3.8) is 0 Å². The molecule has 4 heteroatoms. The topological polar surface area (TPSA) is 47.6 Å². The SMILES string of the molecule is CCC(C(=O)OC)C(NC)C1CCOCC1. The summed E-state index contributed by atoms with van der Waals surface area (Å²) in [6.07, 6.45) is 2.87. The van der Waals surface area contributed by atoms with Crippen LogP contribution in [0, 0.1) is 11.8 Å². The van der Waals surface area contributed by atoms with Crippen molar-refractivity contribution in [3.8, 4) is 0 Å². The van der Waals surface area contributed by atoms with E-state index in [0.29, 0.717) is 5.92 Å². The lowest BCUT2D eigenvalue weighted by molar-refractivity contribution is -0.147. The molecule has 1 N–H and O–H groups in total. The average Bonchev–Trinajstić information content (AvgIpc) is 2.36. The lowest BCUT2D eigenvalue weighted by atomic mass is 9.82. The number of rotatable bonds is 5. The van der Waals surface area contributed by atoms with E-state index < -0.39 is 0 Å². The minimum absolute atomic E-state index is 0.0434. The molecule has 94 valence electrons.